The molecule has 1 rings (SSSR count). The standard InChI is InChI=1S/C12H18F2N2O/c1-9(15)10-2-4-11(5-3-10)16(6-7-17)8-12(13)14/h2-5,9,12,17H,6-8,15H2,1H3/t9-/m1/s1. The van der Waals surface area contributed by atoms with Crippen molar-refractivity contribution in [1.82, 2.24) is 0 Å². The number of aliphatic hydroxyl groups excluding tert-OH is 1. The molecule has 0 radical (unpaired) electrons. The van der Waals surface area contributed by atoms with E-state index in [2.05, 4.69) is 0 Å². The molecule has 0 heterocycles. The molecule has 3 nitrogen and oxygen atoms in total. The van der Waals surface area contributed by atoms with Crippen LogP contribution in [0.4, 0.5) is 14.5 Å². The maximum Gasteiger partial charge on any atom is 0.255 e. The molecule has 1 aromatic carbocycles. The molecule has 0 bridgehead atoms. The van der Waals surface area contributed by atoms with Gasteiger partial charge in [-0.3, -0.25) is 0 Å². The number of hydrogen-bond donors (Lipinski definition) is 2. The van der Waals surface area contributed by atoms with E-state index in [1.807, 2.05) is 19.1 Å². The summed E-state index contributed by atoms with van der Waals surface area (Å²) in [7, 11) is 0. The predicted octanol–water partition coefficient (Wildman–Crippen LogP) is 1.77. The van der Waals surface area contributed by atoms with E-state index in [1.165, 1.54) is 4.90 Å². The van der Waals surface area contributed by atoms with Crippen molar-refractivity contribution in [2.75, 3.05) is 24.6 Å². The number of halogens is 2. The lowest BCUT2D eigenvalue weighted by molar-refractivity contribution is 0.153. The number of benzene rings is 1. The summed E-state index contributed by atoms with van der Waals surface area (Å²) in [4.78, 5) is 1.45. The highest BCUT2D eigenvalue weighted by atomic mass is 19.3. The molecule has 96 valence electrons. The molecule has 0 amide bonds. The van der Waals surface area contributed by atoms with Crippen LogP contribution in [0, 0.1) is 0 Å². The third-order valence-corrected chi connectivity index (χ3v) is 2.51. The summed E-state index contributed by atoms with van der Waals surface area (Å²) in [5.41, 5.74) is 7.33. The van der Waals surface area contributed by atoms with E-state index < -0.39 is 6.43 Å². The summed E-state index contributed by atoms with van der Waals surface area (Å²) < 4.78 is 24.7. The van der Waals surface area contributed by atoms with Crippen molar-refractivity contribution in [3.05, 3.63) is 29.8 Å². The molecule has 0 aliphatic heterocycles. The molecule has 1 aromatic rings. The molecule has 0 aliphatic carbocycles. The Labute approximate surface area is 99.8 Å². The van der Waals surface area contributed by atoms with Gasteiger partial charge in [0, 0.05) is 18.3 Å². The van der Waals surface area contributed by atoms with Crippen LogP contribution in [0.25, 0.3) is 0 Å². The quantitative estimate of drug-likeness (QED) is 0.801. The van der Waals surface area contributed by atoms with E-state index >= 15 is 0 Å². The van der Waals surface area contributed by atoms with E-state index in [9.17, 15) is 8.78 Å². The second kappa shape index (κ2) is 6.51. The fourth-order valence-electron chi connectivity index (χ4n) is 1.60. The maximum atomic E-state index is 12.4. The van der Waals surface area contributed by atoms with Crippen LogP contribution in [0.1, 0.15) is 18.5 Å². The van der Waals surface area contributed by atoms with Crippen LogP contribution in [0.3, 0.4) is 0 Å². The van der Waals surface area contributed by atoms with Crippen molar-refractivity contribution in [3.8, 4) is 0 Å². The minimum absolute atomic E-state index is 0.0783. The maximum absolute atomic E-state index is 12.4. The average Bonchev–Trinajstić information content (AvgIpc) is 2.28. The third kappa shape index (κ3) is 4.28. The predicted molar refractivity (Wildman–Crippen MR) is 64.3 cm³/mol. The molecule has 17 heavy (non-hydrogen) atoms. The van der Waals surface area contributed by atoms with Gasteiger partial charge in [0.2, 0.25) is 0 Å². The van der Waals surface area contributed by atoms with E-state index in [0.717, 1.165) is 5.56 Å². The second-order valence-corrected chi connectivity index (χ2v) is 3.94. The summed E-state index contributed by atoms with van der Waals surface area (Å²) in [6.45, 7) is 1.53. The van der Waals surface area contributed by atoms with Crippen LogP contribution in [-0.2, 0) is 0 Å². The van der Waals surface area contributed by atoms with Crippen molar-refractivity contribution >= 4 is 5.69 Å². The van der Waals surface area contributed by atoms with Crippen molar-refractivity contribution in [2.24, 2.45) is 5.73 Å². The van der Waals surface area contributed by atoms with Crippen molar-refractivity contribution < 1.29 is 13.9 Å². The van der Waals surface area contributed by atoms with Crippen LogP contribution in [0.2, 0.25) is 0 Å². The number of rotatable bonds is 6. The van der Waals surface area contributed by atoms with Gasteiger partial charge in [-0.25, -0.2) is 8.78 Å². The normalized spacial score (nSPS) is 12.8. The van der Waals surface area contributed by atoms with Gasteiger partial charge in [0.15, 0.2) is 0 Å². The Balaban J connectivity index is 2.79. The molecular formula is C12H18F2N2O. The lowest BCUT2D eigenvalue weighted by atomic mass is 10.1. The average molecular weight is 244 g/mol. The van der Waals surface area contributed by atoms with Gasteiger partial charge in [-0.05, 0) is 24.6 Å². The van der Waals surface area contributed by atoms with Crippen LogP contribution in [-0.4, -0.2) is 31.2 Å². The number of alkyl halides is 2. The Bertz CT molecular complexity index is 328. The second-order valence-electron chi connectivity index (χ2n) is 3.94. The third-order valence-electron chi connectivity index (χ3n) is 2.51. The molecule has 0 fully saturated rings. The summed E-state index contributed by atoms with van der Waals surface area (Å²) in [6, 6.07) is 7.05. The van der Waals surface area contributed by atoms with Gasteiger partial charge in [-0.2, -0.15) is 0 Å². The van der Waals surface area contributed by atoms with Gasteiger partial charge in [0.05, 0.1) is 13.2 Å². The minimum atomic E-state index is -2.42. The lowest BCUT2D eigenvalue weighted by Crippen LogP contribution is -2.31. The SMILES string of the molecule is C[C@@H](N)c1ccc(N(CCO)CC(F)F)cc1. The van der Waals surface area contributed by atoms with Crippen molar-refractivity contribution in [1.29, 1.82) is 0 Å². The van der Waals surface area contributed by atoms with Gasteiger partial charge < -0.3 is 15.7 Å². The Morgan fingerprint density at radius 3 is 2.29 bits per heavy atom. The topological polar surface area (TPSA) is 49.5 Å². The largest absolute Gasteiger partial charge is 0.395 e. The molecule has 0 aromatic heterocycles. The summed E-state index contributed by atoms with van der Waals surface area (Å²) in [5.74, 6) is 0. The molecule has 0 saturated heterocycles. The fraction of sp³-hybridized carbons (Fsp3) is 0.500. The monoisotopic (exact) mass is 244 g/mol. The van der Waals surface area contributed by atoms with Crippen molar-refractivity contribution in [3.63, 3.8) is 0 Å². The first-order chi connectivity index (χ1) is 8.04. The molecule has 1 atom stereocenters. The van der Waals surface area contributed by atoms with E-state index in [1.54, 1.807) is 12.1 Å². The zero-order valence-electron chi connectivity index (χ0n) is 9.81. The molecule has 0 aliphatic rings. The summed E-state index contributed by atoms with van der Waals surface area (Å²) >= 11 is 0. The first-order valence-corrected chi connectivity index (χ1v) is 5.54. The highest BCUT2D eigenvalue weighted by Crippen LogP contribution is 2.18. The molecule has 0 spiro atoms. The minimum Gasteiger partial charge on any atom is -0.395 e. The number of nitrogens with two attached hydrogens (primary N) is 1. The Hall–Kier alpha value is -1.20. The molecular weight excluding hydrogens is 226 g/mol. The van der Waals surface area contributed by atoms with Crippen LogP contribution in [0.5, 0.6) is 0 Å². The number of anilines is 1. The first-order valence-electron chi connectivity index (χ1n) is 5.54. The zero-order valence-corrected chi connectivity index (χ0v) is 9.81. The summed E-state index contributed by atoms with van der Waals surface area (Å²) in [6.07, 6.45) is -2.42. The van der Waals surface area contributed by atoms with E-state index in [0.29, 0.717) is 5.69 Å². The van der Waals surface area contributed by atoms with Gasteiger partial charge in [0.1, 0.15) is 0 Å². The summed E-state index contributed by atoms with van der Waals surface area (Å²) in [5, 5.41) is 8.85. The first kappa shape index (κ1) is 13.9. The van der Waals surface area contributed by atoms with Gasteiger partial charge in [-0.1, -0.05) is 12.1 Å². The molecule has 0 unspecified atom stereocenters. The molecule has 5 heteroatoms. The fourth-order valence-corrected chi connectivity index (χ4v) is 1.60. The van der Waals surface area contributed by atoms with E-state index in [4.69, 9.17) is 10.8 Å². The van der Waals surface area contributed by atoms with Crippen LogP contribution in [0.15, 0.2) is 24.3 Å². The highest BCUT2D eigenvalue weighted by Gasteiger charge is 2.12. The van der Waals surface area contributed by atoms with Crippen LogP contribution < -0.4 is 10.6 Å². The number of hydrogen-bond acceptors (Lipinski definition) is 3. The smallest absolute Gasteiger partial charge is 0.255 e. The lowest BCUT2D eigenvalue weighted by Gasteiger charge is -2.23. The number of nitrogens with zero attached hydrogens (tertiary/aromatic N) is 1. The van der Waals surface area contributed by atoms with Gasteiger partial charge in [-0.15, -0.1) is 0 Å². The van der Waals surface area contributed by atoms with Crippen molar-refractivity contribution in [2.45, 2.75) is 19.4 Å². The molecule has 3 N–H and O–H groups in total. The van der Waals surface area contributed by atoms with Crippen LogP contribution >= 0.6 is 0 Å². The van der Waals surface area contributed by atoms with Gasteiger partial charge in [0.25, 0.3) is 6.43 Å². The Morgan fingerprint density at radius 2 is 1.88 bits per heavy atom. The highest BCUT2D eigenvalue weighted by molar-refractivity contribution is 5.48. The molecule has 0 saturated carbocycles. The Morgan fingerprint density at radius 1 is 1.29 bits per heavy atom. The van der Waals surface area contributed by atoms with E-state index in [-0.39, 0.29) is 25.7 Å². The zero-order chi connectivity index (χ0) is 12.8. The number of aliphatic hydroxyl groups is 1. The van der Waals surface area contributed by atoms with Gasteiger partial charge >= 0.3 is 0 Å². The Kier molecular flexibility index (Phi) is 5.31.